The van der Waals surface area contributed by atoms with Gasteiger partial charge in [-0.15, -0.1) is 0 Å². The van der Waals surface area contributed by atoms with Crippen molar-refractivity contribution in [3.63, 3.8) is 0 Å². The predicted molar refractivity (Wildman–Crippen MR) is 85.3 cm³/mol. The number of piperidine rings is 2. The highest BCUT2D eigenvalue weighted by Crippen LogP contribution is 2.39. The first kappa shape index (κ1) is 15.1. The van der Waals surface area contributed by atoms with Gasteiger partial charge >= 0.3 is 0 Å². The zero-order chi connectivity index (χ0) is 15.6. The van der Waals surface area contributed by atoms with Gasteiger partial charge in [-0.2, -0.15) is 0 Å². The molecule has 1 aromatic rings. The van der Waals surface area contributed by atoms with Gasteiger partial charge in [0.25, 0.3) is 0 Å². The van der Waals surface area contributed by atoms with Crippen LogP contribution in [0.2, 0.25) is 0 Å². The van der Waals surface area contributed by atoms with Gasteiger partial charge in [0.2, 0.25) is 11.8 Å². The van der Waals surface area contributed by atoms with Gasteiger partial charge in [-0.1, -0.05) is 30.3 Å². The Morgan fingerprint density at radius 3 is 2.45 bits per heavy atom. The van der Waals surface area contributed by atoms with Crippen LogP contribution in [0.25, 0.3) is 0 Å². The maximum Gasteiger partial charge on any atom is 0.226 e. The van der Waals surface area contributed by atoms with Crippen LogP contribution in [0.4, 0.5) is 0 Å². The fourth-order valence-corrected chi connectivity index (χ4v) is 3.75. The van der Waals surface area contributed by atoms with E-state index in [-0.39, 0.29) is 17.2 Å². The number of amides is 2. The quantitative estimate of drug-likeness (QED) is 0.839. The molecule has 0 unspecified atom stereocenters. The number of likely N-dealkylation sites (tertiary alicyclic amines) is 2. The van der Waals surface area contributed by atoms with Gasteiger partial charge in [0.15, 0.2) is 0 Å². The van der Waals surface area contributed by atoms with E-state index in [0.717, 1.165) is 44.5 Å². The molecule has 0 aromatic heterocycles. The summed E-state index contributed by atoms with van der Waals surface area (Å²) in [5.41, 5.74) is 1.32. The highest BCUT2D eigenvalue weighted by molar-refractivity contribution is 5.79. The van der Waals surface area contributed by atoms with Crippen molar-refractivity contribution in [1.82, 2.24) is 9.80 Å². The smallest absolute Gasteiger partial charge is 0.226 e. The van der Waals surface area contributed by atoms with E-state index >= 15 is 0 Å². The van der Waals surface area contributed by atoms with Crippen LogP contribution in [0.1, 0.15) is 31.2 Å². The van der Waals surface area contributed by atoms with Crippen molar-refractivity contribution < 1.29 is 9.59 Å². The van der Waals surface area contributed by atoms with Crippen molar-refractivity contribution in [3.8, 4) is 0 Å². The minimum absolute atomic E-state index is 0.223. The lowest BCUT2D eigenvalue weighted by molar-refractivity contribution is -0.140. The summed E-state index contributed by atoms with van der Waals surface area (Å²) in [7, 11) is 1.90. The number of carbonyl (C=O) groups is 2. The molecule has 2 amide bonds. The summed E-state index contributed by atoms with van der Waals surface area (Å²) < 4.78 is 0. The van der Waals surface area contributed by atoms with E-state index in [9.17, 15) is 9.59 Å². The van der Waals surface area contributed by atoms with E-state index in [2.05, 4.69) is 0 Å². The highest BCUT2D eigenvalue weighted by atomic mass is 16.2. The van der Waals surface area contributed by atoms with Gasteiger partial charge in [0, 0.05) is 33.1 Å². The van der Waals surface area contributed by atoms with Crippen molar-refractivity contribution in [2.45, 2.75) is 32.1 Å². The number of hydrogen-bond donors (Lipinski definition) is 0. The second-order valence-corrected chi connectivity index (χ2v) is 6.79. The third kappa shape index (κ3) is 3.16. The third-order valence-electron chi connectivity index (χ3n) is 5.24. The van der Waals surface area contributed by atoms with E-state index in [1.807, 2.05) is 47.2 Å². The number of carbonyl (C=O) groups excluding carboxylic acids is 2. The summed E-state index contributed by atoms with van der Waals surface area (Å²) in [4.78, 5) is 27.9. The van der Waals surface area contributed by atoms with E-state index in [4.69, 9.17) is 0 Å². The lowest BCUT2D eigenvalue weighted by Crippen LogP contribution is -2.51. The first-order chi connectivity index (χ1) is 10.6. The summed E-state index contributed by atoms with van der Waals surface area (Å²) in [5.74, 6) is 0.481. The molecule has 2 aliphatic rings. The lowest BCUT2D eigenvalue weighted by Gasteiger charge is -2.46. The summed E-state index contributed by atoms with van der Waals surface area (Å²) in [6.07, 6.45) is 4.17. The lowest BCUT2D eigenvalue weighted by atomic mass is 9.72. The molecule has 22 heavy (non-hydrogen) atoms. The Balaban J connectivity index is 1.55. The zero-order valence-corrected chi connectivity index (χ0v) is 13.3. The second-order valence-electron chi connectivity index (χ2n) is 6.79. The maximum atomic E-state index is 12.4. The van der Waals surface area contributed by atoms with Crippen molar-refractivity contribution in [2.75, 3.05) is 26.7 Å². The van der Waals surface area contributed by atoms with Crippen LogP contribution in [0, 0.1) is 5.41 Å². The second kappa shape index (κ2) is 6.11. The summed E-state index contributed by atoms with van der Waals surface area (Å²) >= 11 is 0. The van der Waals surface area contributed by atoms with Crippen LogP contribution in [-0.2, 0) is 16.0 Å². The Hall–Kier alpha value is -1.84. The molecule has 2 aliphatic heterocycles. The molecule has 0 saturated carbocycles. The number of rotatable bonds is 2. The molecule has 1 spiro atoms. The molecule has 1 aromatic carbocycles. The zero-order valence-electron chi connectivity index (χ0n) is 13.3. The average Bonchev–Trinajstić information content (AvgIpc) is 2.53. The standard InChI is InChI=1S/C18H24N2O2/c1-19-14-18(8-7-16(19)21)9-11-20(12-10-18)17(22)13-15-5-3-2-4-6-15/h2-6H,7-14H2,1H3. The first-order valence-corrected chi connectivity index (χ1v) is 8.14. The SMILES string of the molecule is CN1CC2(CCC1=O)CCN(C(=O)Cc1ccccc1)CC2. The molecule has 0 aliphatic carbocycles. The van der Waals surface area contributed by atoms with Crippen molar-refractivity contribution in [3.05, 3.63) is 35.9 Å². The van der Waals surface area contributed by atoms with Crippen LogP contribution in [-0.4, -0.2) is 48.3 Å². The molecule has 118 valence electrons. The molecule has 2 fully saturated rings. The molecule has 0 radical (unpaired) electrons. The van der Waals surface area contributed by atoms with E-state index in [1.54, 1.807) is 0 Å². The van der Waals surface area contributed by atoms with Crippen LogP contribution < -0.4 is 0 Å². The molecule has 0 N–H and O–H groups in total. The molecule has 2 saturated heterocycles. The molecule has 3 rings (SSSR count). The van der Waals surface area contributed by atoms with Crippen LogP contribution in [0.5, 0.6) is 0 Å². The largest absolute Gasteiger partial charge is 0.345 e. The monoisotopic (exact) mass is 300 g/mol. The molecule has 4 heteroatoms. The van der Waals surface area contributed by atoms with Gasteiger partial charge in [-0.05, 0) is 30.2 Å². The fourth-order valence-electron chi connectivity index (χ4n) is 3.75. The molecule has 2 heterocycles. The highest BCUT2D eigenvalue weighted by Gasteiger charge is 2.40. The Morgan fingerprint density at radius 2 is 1.82 bits per heavy atom. The van der Waals surface area contributed by atoms with Gasteiger partial charge < -0.3 is 9.80 Å². The van der Waals surface area contributed by atoms with E-state index in [1.165, 1.54) is 0 Å². The summed E-state index contributed by atoms with van der Waals surface area (Å²) in [6, 6.07) is 9.93. The first-order valence-electron chi connectivity index (χ1n) is 8.14. The Bertz CT molecular complexity index is 547. The van der Waals surface area contributed by atoms with Crippen LogP contribution >= 0.6 is 0 Å². The predicted octanol–water partition coefficient (Wildman–Crippen LogP) is 2.09. The molecule has 4 nitrogen and oxygen atoms in total. The average molecular weight is 300 g/mol. The summed E-state index contributed by atoms with van der Waals surface area (Å²) in [5, 5.41) is 0. The fraction of sp³-hybridized carbons (Fsp3) is 0.556. The third-order valence-corrected chi connectivity index (χ3v) is 5.24. The Kier molecular flexibility index (Phi) is 4.19. The van der Waals surface area contributed by atoms with E-state index in [0.29, 0.717) is 12.8 Å². The maximum absolute atomic E-state index is 12.4. The van der Waals surface area contributed by atoms with Crippen molar-refractivity contribution >= 4 is 11.8 Å². The molecular weight excluding hydrogens is 276 g/mol. The summed E-state index contributed by atoms with van der Waals surface area (Å²) in [6.45, 7) is 2.51. The molecule has 0 atom stereocenters. The number of hydrogen-bond acceptors (Lipinski definition) is 2. The minimum atomic E-state index is 0.223. The minimum Gasteiger partial charge on any atom is -0.345 e. The van der Waals surface area contributed by atoms with Gasteiger partial charge in [-0.25, -0.2) is 0 Å². The van der Waals surface area contributed by atoms with Crippen LogP contribution in [0.15, 0.2) is 30.3 Å². The van der Waals surface area contributed by atoms with Crippen molar-refractivity contribution in [1.29, 1.82) is 0 Å². The van der Waals surface area contributed by atoms with Gasteiger partial charge in [-0.3, -0.25) is 9.59 Å². The number of benzene rings is 1. The molecular formula is C18H24N2O2. The Labute approximate surface area is 132 Å². The van der Waals surface area contributed by atoms with E-state index < -0.39 is 0 Å². The van der Waals surface area contributed by atoms with Crippen LogP contribution in [0.3, 0.4) is 0 Å². The van der Waals surface area contributed by atoms with Gasteiger partial charge in [0.1, 0.15) is 0 Å². The topological polar surface area (TPSA) is 40.6 Å². The Morgan fingerprint density at radius 1 is 1.14 bits per heavy atom. The normalized spacial score (nSPS) is 21.2. The molecule has 0 bridgehead atoms. The number of nitrogens with zero attached hydrogens (tertiary/aromatic N) is 2. The van der Waals surface area contributed by atoms with Gasteiger partial charge in [0.05, 0.1) is 6.42 Å². The van der Waals surface area contributed by atoms with Crippen molar-refractivity contribution in [2.24, 2.45) is 5.41 Å².